The number of esters is 1. The topological polar surface area (TPSA) is 81.4 Å². The van der Waals surface area contributed by atoms with Gasteiger partial charge in [0.25, 0.3) is 5.56 Å². The second-order valence-electron chi connectivity index (χ2n) is 7.62. The number of nitrogens with zero attached hydrogens (tertiary/aromatic N) is 2. The Morgan fingerprint density at radius 1 is 1.27 bits per heavy atom. The number of pyridine rings is 2. The molecule has 0 saturated carbocycles. The first-order valence-electron chi connectivity index (χ1n) is 9.73. The highest BCUT2D eigenvalue weighted by molar-refractivity contribution is 5.89. The summed E-state index contributed by atoms with van der Waals surface area (Å²) in [5.41, 5.74) is 0.849. The number of fused-ring (bicyclic) bond motifs is 5. The van der Waals surface area contributed by atoms with Gasteiger partial charge in [-0.05, 0) is 36.2 Å². The maximum Gasteiger partial charge on any atom is 0.343 e. The smallest absolute Gasteiger partial charge is 0.343 e. The number of hydrogen-bond acceptors (Lipinski definition) is 5. The molecule has 8 heteroatoms. The minimum Gasteiger partial charge on any atom is -0.458 e. The summed E-state index contributed by atoms with van der Waals surface area (Å²) in [5.74, 6) is -1.33. The molecular formula is C22H18F2N2O4. The van der Waals surface area contributed by atoms with Crippen molar-refractivity contribution in [1.29, 1.82) is 0 Å². The van der Waals surface area contributed by atoms with Crippen LogP contribution in [0.1, 0.15) is 35.6 Å². The van der Waals surface area contributed by atoms with Gasteiger partial charge in [0.2, 0.25) is 0 Å². The monoisotopic (exact) mass is 412 g/mol. The van der Waals surface area contributed by atoms with Crippen molar-refractivity contribution in [1.82, 2.24) is 9.55 Å². The summed E-state index contributed by atoms with van der Waals surface area (Å²) in [7, 11) is 0. The number of aromatic nitrogens is 2. The van der Waals surface area contributed by atoms with E-state index < -0.39 is 30.2 Å². The molecule has 154 valence electrons. The first-order valence-corrected chi connectivity index (χ1v) is 9.73. The van der Waals surface area contributed by atoms with Gasteiger partial charge >= 0.3 is 5.97 Å². The molecule has 1 unspecified atom stereocenters. The van der Waals surface area contributed by atoms with Gasteiger partial charge in [0, 0.05) is 22.9 Å². The van der Waals surface area contributed by atoms with Crippen LogP contribution in [0, 0.1) is 5.82 Å². The van der Waals surface area contributed by atoms with Crippen molar-refractivity contribution in [2.75, 3.05) is 6.67 Å². The summed E-state index contributed by atoms with van der Waals surface area (Å²) in [6.45, 7) is 0.964. The molecule has 3 aromatic rings. The Balaban J connectivity index is 1.81. The summed E-state index contributed by atoms with van der Waals surface area (Å²) < 4.78 is 33.5. The number of ether oxygens (including phenoxy) is 1. The van der Waals surface area contributed by atoms with Crippen molar-refractivity contribution in [2.45, 2.75) is 38.5 Å². The molecule has 0 bridgehead atoms. The average Bonchev–Trinajstić information content (AvgIpc) is 3.09. The molecule has 1 aromatic carbocycles. The SMILES string of the molecule is CCc1c2c(nc3ccc(F)cc13)-c1cc3c(c(=O)n1C2)COC(=O)C3(O)CCF. The fraction of sp³-hybridized carbons (Fsp3) is 0.318. The van der Waals surface area contributed by atoms with Crippen molar-refractivity contribution in [2.24, 2.45) is 0 Å². The van der Waals surface area contributed by atoms with Gasteiger partial charge in [-0.3, -0.25) is 9.18 Å². The summed E-state index contributed by atoms with van der Waals surface area (Å²) >= 11 is 0. The number of carbonyl (C=O) groups excluding carboxylic acids is 1. The Hall–Kier alpha value is -3.13. The van der Waals surface area contributed by atoms with E-state index in [1.807, 2.05) is 6.92 Å². The lowest BCUT2D eigenvalue weighted by Gasteiger charge is -2.31. The van der Waals surface area contributed by atoms with Crippen LogP contribution in [0.3, 0.4) is 0 Å². The highest BCUT2D eigenvalue weighted by Crippen LogP contribution is 2.40. The number of cyclic esters (lactones) is 1. The molecular weight excluding hydrogens is 394 g/mol. The van der Waals surface area contributed by atoms with E-state index in [0.717, 1.165) is 11.1 Å². The van der Waals surface area contributed by atoms with Gasteiger partial charge in [0.05, 0.1) is 35.7 Å². The van der Waals surface area contributed by atoms with Crippen LogP contribution in [0.15, 0.2) is 29.1 Å². The highest BCUT2D eigenvalue weighted by atomic mass is 19.1. The molecule has 0 aliphatic carbocycles. The third-order valence-corrected chi connectivity index (χ3v) is 6.07. The Bertz CT molecular complexity index is 1300. The van der Waals surface area contributed by atoms with E-state index in [1.165, 1.54) is 16.7 Å². The molecule has 1 N–H and O–H groups in total. The molecule has 5 rings (SSSR count). The summed E-state index contributed by atoms with van der Waals surface area (Å²) in [5, 5.41) is 11.6. The zero-order valence-corrected chi connectivity index (χ0v) is 16.2. The van der Waals surface area contributed by atoms with Crippen LogP contribution in [0.25, 0.3) is 22.3 Å². The van der Waals surface area contributed by atoms with Crippen LogP contribution >= 0.6 is 0 Å². The first-order chi connectivity index (χ1) is 14.4. The van der Waals surface area contributed by atoms with E-state index in [1.54, 1.807) is 12.1 Å². The van der Waals surface area contributed by atoms with Gasteiger partial charge in [0.15, 0.2) is 5.60 Å². The third kappa shape index (κ3) is 2.40. The largest absolute Gasteiger partial charge is 0.458 e. The van der Waals surface area contributed by atoms with E-state index in [9.17, 15) is 23.5 Å². The number of carbonyl (C=O) groups is 1. The minimum atomic E-state index is -2.21. The Kier molecular flexibility index (Phi) is 4.05. The summed E-state index contributed by atoms with van der Waals surface area (Å²) in [6.07, 6.45) is 0.111. The number of aliphatic hydroxyl groups is 1. The lowest BCUT2D eigenvalue weighted by atomic mass is 9.85. The fourth-order valence-electron chi connectivity index (χ4n) is 4.58. The van der Waals surface area contributed by atoms with Crippen molar-refractivity contribution < 1.29 is 23.4 Å². The molecule has 30 heavy (non-hydrogen) atoms. The van der Waals surface area contributed by atoms with Crippen LogP contribution in [0.5, 0.6) is 0 Å². The molecule has 4 heterocycles. The van der Waals surface area contributed by atoms with Crippen LogP contribution in [0.4, 0.5) is 8.78 Å². The van der Waals surface area contributed by atoms with Gasteiger partial charge in [-0.2, -0.15) is 0 Å². The van der Waals surface area contributed by atoms with Gasteiger partial charge < -0.3 is 14.4 Å². The predicted octanol–water partition coefficient (Wildman–Crippen LogP) is 2.73. The van der Waals surface area contributed by atoms with Gasteiger partial charge in [-0.15, -0.1) is 0 Å². The zero-order chi connectivity index (χ0) is 21.2. The normalized spacial score (nSPS) is 19.4. The lowest BCUT2D eigenvalue weighted by Crippen LogP contribution is -2.45. The van der Waals surface area contributed by atoms with Gasteiger partial charge in [0.1, 0.15) is 12.4 Å². The second-order valence-corrected chi connectivity index (χ2v) is 7.62. The number of benzene rings is 1. The molecule has 1 atom stereocenters. The fourth-order valence-corrected chi connectivity index (χ4v) is 4.58. The molecule has 2 aliphatic rings. The second kappa shape index (κ2) is 6.43. The van der Waals surface area contributed by atoms with Crippen LogP contribution in [0.2, 0.25) is 0 Å². The summed E-state index contributed by atoms with van der Waals surface area (Å²) in [4.78, 5) is 30.1. The molecule has 0 spiro atoms. The van der Waals surface area contributed by atoms with Crippen LogP contribution in [-0.4, -0.2) is 27.3 Å². The predicted molar refractivity (Wildman–Crippen MR) is 104 cm³/mol. The number of hydrogen-bond donors (Lipinski definition) is 1. The van der Waals surface area contributed by atoms with E-state index in [-0.39, 0.29) is 30.1 Å². The average molecular weight is 412 g/mol. The molecule has 0 radical (unpaired) electrons. The van der Waals surface area contributed by atoms with Crippen molar-refractivity contribution in [3.63, 3.8) is 0 Å². The van der Waals surface area contributed by atoms with Gasteiger partial charge in [-0.1, -0.05) is 6.92 Å². The van der Waals surface area contributed by atoms with E-state index >= 15 is 0 Å². The lowest BCUT2D eigenvalue weighted by molar-refractivity contribution is -0.173. The molecule has 0 amide bonds. The quantitative estimate of drug-likeness (QED) is 0.524. The molecule has 0 saturated heterocycles. The number of halogens is 2. The zero-order valence-electron chi connectivity index (χ0n) is 16.2. The molecule has 2 aliphatic heterocycles. The first kappa shape index (κ1) is 18.9. The Morgan fingerprint density at radius 3 is 2.80 bits per heavy atom. The van der Waals surface area contributed by atoms with E-state index in [4.69, 9.17) is 4.74 Å². The number of rotatable bonds is 3. The molecule has 6 nitrogen and oxygen atoms in total. The van der Waals surface area contributed by atoms with E-state index in [0.29, 0.717) is 28.7 Å². The maximum atomic E-state index is 13.8. The maximum absolute atomic E-state index is 13.8. The van der Waals surface area contributed by atoms with Crippen LogP contribution < -0.4 is 5.56 Å². The van der Waals surface area contributed by atoms with Gasteiger partial charge in [-0.25, -0.2) is 14.2 Å². The summed E-state index contributed by atoms with van der Waals surface area (Å²) in [6, 6.07) is 5.89. The standard InChI is InChI=1S/C22H18F2N2O4/c1-2-12-13-7-11(24)3-4-17(13)25-19-14(12)9-26-18(19)8-16-15(20(26)27)10-30-21(28)22(16,29)5-6-23/h3-4,7-8,29H,2,5-6,9-10H2,1H3. The van der Waals surface area contributed by atoms with Crippen molar-refractivity contribution in [3.8, 4) is 11.4 Å². The molecule has 2 aromatic heterocycles. The third-order valence-electron chi connectivity index (χ3n) is 6.07. The van der Waals surface area contributed by atoms with Crippen LogP contribution in [-0.2, 0) is 34.7 Å². The van der Waals surface area contributed by atoms with Crippen molar-refractivity contribution in [3.05, 3.63) is 62.7 Å². The number of aryl methyl sites for hydroxylation is 1. The minimum absolute atomic E-state index is 0.0690. The number of alkyl halides is 1. The Morgan fingerprint density at radius 2 is 2.07 bits per heavy atom. The van der Waals surface area contributed by atoms with E-state index in [2.05, 4.69) is 4.98 Å². The highest BCUT2D eigenvalue weighted by Gasteiger charge is 2.46. The molecule has 0 fully saturated rings. The van der Waals surface area contributed by atoms with Crippen molar-refractivity contribution >= 4 is 16.9 Å². The Labute approximate surface area is 169 Å².